The number of halogens is 1. The number of aromatic nitrogens is 1. The number of hydrogen-bond acceptors (Lipinski definition) is 5. The summed E-state index contributed by atoms with van der Waals surface area (Å²) in [4.78, 5) is 6.41. The van der Waals surface area contributed by atoms with E-state index in [0.29, 0.717) is 44.4 Å². The van der Waals surface area contributed by atoms with Gasteiger partial charge in [-0.3, -0.25) is 4.90 Å². The van der Waals surface area contributed by atoms with Gasteiger partial charge in [-0.2, -0.15) is 4.31 Å². The summed E-state index contributed by atoms with van der Waals surface area (Å²) in [7, 11) is -3.69. The number of benzene rings is 2. The highest BCUT2D eigenvalue weighted by molar-refractivity contribution is 7.89. The molecular weight excluding hydrogens is 381 g/mol. The maximum Gasteiger partial charge on any atom is 0.243 e. The largest absolute Gasteiger partial charge is 0.439 e. The number of rotatable bonds is 5. The minimum Gasteiger partial charge on any atom is -0.439 e. The fraction of sp³-hybridized carbons (Fsp3) is 0.250. The molecule has 0 unspecified atom stereocenters. The molecule has 8 heteroatoms. The van der Waals surface area contributed by atoms with Crippen LogP contribution in [0.5, 0.6) is 0 Å². The molecule has 0 N–H and O–H groups in total. The Hall–Kier alpha value is -2.55. The first-order valence-electron chi connectivity index (χ1n) is 9.00. The van der Waals surface area contributed by atoms with Crippen LogP contribution in [0.2, 0.25) is 0 Å². The predicted octanol–water partition coefficient (Wildman–Crippen LogP) is 2.99. The van der Waals surface area contributed by atoms with E-state index in [2.05, 4.69) is 9.88 Å². The SMILES string of the molecule is O=S(=O)(c1cccc(F)c1)N1CCN(Cc2ncc(-c3ccccc3)o2)CC1. The molecule has 0 bridgehead atoms. The second-order valence-corrected chi connectivity index (χ2v) is 8.56. The van der Waals surface area contributed by atoms with Crippen LogP contribution in [0.3, 0.4) is 0 Å². The Balaban J connectivity index is 1.38. The Morgan fingerprint density at radius 2 is 1.75 bits per heavy atom. The molecule has 0 radical (unpaired) electrons. The first kappa shape index (κ1) is 18.8. The van der Waals surface area contributed by atoms with Gasteiger partial charge in [-0.05, 0) is 18.2 Å². The maximum atomic E-state index is 13.4. The quantitative estimate of drug-likeness (QED) is 0.658. The van der Waals surface area contributed by atoms with E-state index in [9.17, 15) is 12.8 Å². The molecule has 2 aromatic carbocycles. The van der Waals surface area contributed by atoms with Gasteiger partial charge in [0.1, 0.15) is 5.82 Å². The molecule has 0 spiro atoms. The van der Waals surface area contributed by atoms with Crippen molar-refractivity contribution in [3.8, 4) is 11.3 Å². The summed E-state index contributed by atoms with van der Waals surface area (Å²) >= 11 is 0. The van der Waals surface area contributed by atoms with Crippen LogP contribution in [0.25, 0.3) is 11.3 Å². The first-order chi connectivity index (χ1) is 13.5. The van der Waals surface area contributed by atoms with Crippen molar-refractivity contribution in [1.82, 2.24) is 14.2 Å². The smallest absolute Gasteiger partial charge is 0.243 e. The van der Waals surface area contributed by atoms with Crippen LogP contribution in [-0.4, -0.2) is 48.8 Å². The molecule has 4 rings (SSSR count). The van der Waals surface area contributed by atoms with Crippen molar-refractivity contribution in [2.24, 2.45) is 0 Å². The van der Waals surface area contributed by atoms with Crippen molar-refractivity contribution in [2.75, 3.05) is 26.2 Å². The van der Waals surface area contributed by atoms with Gasteiger partial charge in [0.05, 0.1) is 17.6 Å². The van der Waals surface area contributed by atoms with Crippen LogP contribution in [-0.2, 0) is 16.6 Å². The Labute approximate surface area is 163 Å². The molecule has 0 saturated carbocycles. The van der Waals surface area contributed by atoms with Gasteiger partial charge in [0, 0.05) is 31.7 Å². The highest BCUT2D eigenvalue weighted by atomic mass is 32.2. The van der Waals surface area contributed by atoms with Crippen molar-refractivity contribution in [2.45, 2.75) is 11.4 Å². The minimum absolute atomic E-state index is 0.0128. The van der Waals surface area contributed by atoms with Crippen LogP contribution in [0, 0.1) is 5.82 Å². The van der Waals surface area contributed by atoms with Crippen molar-refractivity contribution in [3.05, 3.63) is 72.5 Å². The van der Waals surface area contributed by atoms with E-state index < -0.39 is 15.8 Å². The molecule has 2 heterocycles. The molecule has 0 aliphatic carbocycles. The summed E-state index contributed by atoms with van der Waals surface area (Å²) < 4.78 is 45.9. The van der Waals surface area contributed by atoms with Gasteiger partial charge in [-0.25, -0.2) is 17.8 Å². The normalized spacial score (nSPS) is 16.3. The van der Waals surface area contributed by atoms with Gasteiger partial charge in [-0.15, -0.1) is 0 Å². The molecule has 146 valence electrons. The number of piperazine rings is 1. The second-order valence-electron chi connectivity index (χ2n) is 6.62. The average molecular weight is 401 g/mol. The van der Waals surface area contributed by atoms with Crippen molar-refractivity contribution < 1.29 is 17.2 Å². The molecule has 1 aliphatic rings. The monoisotopic (exact) mass is 401 g/mol. The van der Waals surface area contributed by atoms with E-state index >= 15 is 0 Å². The van der Waals surface area contributed by atoms with Gasteiger partial charge in [0.15, 0.2) is 5.76 Å². The van der Waals surface area contributed by atoms with Crippen LogP contribution in [0.1, 0.15) is 5.89 Å². The molecule has 1 aliphatic heterocycles. The topological polar surface area (TPSA) is 66.7 Å². The van der Waals surface area contributed by atoms with E-state index in [4.69, 9.17) is 4.42 Å². The van der Waals surface area contributed by atoms with Crippen molar-refractivity contribution in [1.29, 1.82) is 0 Å². The van der Waals surface area contributed by atoms with E-state index in [1.165, 1.54) is 22.5 Å². The first-order valence-corrected chi connectivity index (χ1v) is 10.4. The standard InChI is InChI=1S/C20H20FN3O3S/c21-17-7-4-8-18(13-17)28(25,26)24-11-9-23(10-12-24)15-20-22-14-19(27-20)16-5-2-1-3-6-16/h1-8,13-14H,9-12,15H2. The number of nitrogens with zero attached hydrogens (tertiary/aromatic N) is 3. The lowest BCUT2D eigenvalue weighted by Crippen LogP contribution is -2.48. The summed E-state index contributed by atoms with van der Waals surface area (Å²) in [5, 5.41) is 0. The molecular formula is C20H20FN3O3S. The van der Waals surface area contributed by atoms with E-state index in [-0.39, 0.29) is 4.90 Å². The summed E-state index contributed by atoms with van der Waals surface area (Å²) in [6.07, 6.45) is 1.70. The second kappa shape index (κ2) is 7.83. The number of oxazole rings is 1. The number of hydrogen-bond donors (Lipinski definition) is 0. The summed E-state index contributed by atoms with van der Waals surface area (Å²) in [6, 6.07) is 14.9. The zero-order valence-electron chi connectivity index (χ0n) is 15.2. The highest BCUT2D eigenvalue weighted by Gasteiger charge is 2.29. The van der Waals surface area contributed by atoms with Gasteiger partial charge >= 0.3 is 0 Å². The molecule has 0 amide bonds. The van der Waals surface area contributed by atoms with Gasteiger partial charge in [0.25, 0.3) is 0 Å². The van der Waals surface area contributed by atoms with Crippen LogP contribution < -0.4 is 0 Å². The molecule has 1 fully saturated rings. The summed E-state index contributed by atoms with van der Waals surface area (Å²) in [5.41, 5.74) is 0.965. The Bertz CT molecular complexity index is 1050. The van der Waals surface area contributed by atoms with E-state index in [1.807, 2.05) is 30.3 Å². The third-order valence-corrected chi connectivity index (χ3v) is 6.63. The fourth-order valence-electron chi connectivity index (χ4n) is 3.22. The fourth-order valence-corrected chi connectivity index (χ4v) is 4.67. The van der Waals surface area contributed by atoms with Gasteiger partial charge < -0.3 is 4.42 Å². The molecule has 28 heavy (non-hydrogen) atoms. The lowest BCUT2D eigenvalue weighted by Gasteiger charge is -2.33. The molecule has 1 saturated heterocycles. The third-order valence-electron chi connectivity index (χ3n) is 4.74. The number of sulfonamides is 1. The zero-order valence-corrected chi connectivity index (χ0v) is 16.0. The Kier molecular flexibility index (Phi) is 5.25. The highest BCUT2D eigenvalue weighted by Crippen LogP contribution is 2.22. The lowest BCUT2D eigenvalue weighted by molar-refractivity contribution is 0.168. The maximum absolute atomic E-state index is 13.4. The van der Waals surface area contributed by atoms with Crippen LogP contribution >= 0.6 is 0 Å². The molecule has 3 aromatic rings. The minimum atomic E-state index is -3.69. The Morgan fingerprint density at radius 3 is 2.46 bits per heavy atom. The average Bonchev–Trinajstić information content (AvgIpc) is 3.18. The Morgan fingerprint density at radius 1 is 1.00 bits per heavy atom. The molecule has 0 atom stereocenters. The molecule has 1 aromatic heterocycles. The van der Waals surface area contributed by atoms with E-state index in [1.54, 1.807) is 6.20 Å². The van der Waals surface area contributed by atoms with Crippen molar-refractivity contribution >= 4 is 10.0 Å². The zero-order chi connectivity index (χ0) is 19.6. The van der Waals surface area contributed by atoms with Crippen molar-refractivity contribution in [3.63, 3.8) is 0 Å². The molecule has 6 nitrogen and oxygen atoms in total. The predicted molar refractivity (Wildman–Crippen MR) is 102 cm³/mol. The lowest BCUT2D eigenvalue weighted by atomic mass is 10.2. The van der Waals surface area contributed by atoms with Gasteiger partial charge in [0.2, 0.25) is 15.9 Å². The third kappa shape index (κ3) is 3.99. The summed E-state index contributed by atoms with van der Waals surface area (Å²) in [6.45, 7) is 2.30. The van der Waals surface area contributed by atoms with Crippen LogP contribution in [0.4, 0.5) is 4.39 Å². The van der Waals surface area contributed by atoms with E-state index in [0.717, 1.165) is 11.6 Å². The van der Waals surface area contributed by atoms with Gasteiger partial charge in [-0.1, -0.05) is 36.4 Å². The van der Waals surface area contributed by atoms with Crippen LogP contribution in [0.15, 0.2) is 70.1 Å². The summed E-state index contributed by atoms with van der Waals surface area (Å²) in [5.74, 6) is 0.751.